The van der Waals surface area contributed by atoms with E-state index in [9.17, 15) is 4.79 Å². The van der Waals surface area contributed by atoms with Gasteiger partial charge in [-0.25, -0.2) is 0 Å². The van der Waals surface area contributed by atoms with Gasteiger partial charge in [-0.3, -0.25) is 9.78 Å². The van der Waals surface area contributed by atoms with Gasteiger partial charge in [-0.05, 0) is 18.6 Å². The van der Waals surface area contributed by atoms with Crippen LogP contribution in [0.2, 0.25) is 0 Å². The molecule has 0 spiro atoms. The zero-order chi connectivity index (χ0) is 10.4. The van der Waals surface area contributed by atoms with E-state index < -0.39 is 0 Å². The first-order chi connectivity index (χ1) is 6.75. The lowest BCUT2D eigenvalue weighted by Gasteiger charge is -2.20. The first kappa shape index (κ1) is 10.7. The van der Waals surface area contributed by atoms with Gasteiger partial charge in [0.25, 0.3) is 0 Å². The Labute approximate surface area is 84.8 Å². The Bertz CT molecular complexity index is 285. The van der Waals surface area contributed by atoms with Crippen LogP contribution in [0.15, 0.2) is 24.5 Å². The van der Waals surface area contributed by atoms with Crippen molar-refractivity contribution in [1.29, 1.82) is 0 Å². The van der Waals surface area contributed by atoms with E-state index in [1.54, 1.807) is 24.2 Å². The smallest absolute Gasteiger partial charge is 0.223 e. The molecular weight excluding hydrogens is 176 g/mol. The molecule has 0 aliphatic rings. The molecule has 3 nitrogen and oxygen atoms in total. The maximum Gasteiger partial charge on any atom is 0.223 e. The van der Waals surface area contributed by atoms with Gasteiger partial charge >= 0.3 is 0 Å². The van der Waals surface area contributed by atoms with Gasteiger partial charge in [0.05, 0.1) is 0 Å². The minimum atomic E-state index is 0.0876. The quantitative estimate of drug-likeness (QED) is 0.733. The molecule has 0 saturated heterocycles. The van der Waals surface area contributed by atoms with Crippen molar-refractivity contribution in [3.63, 3.8) is 0 Å². The van der Waals surface area contributed by atoms with Gasteiger partial charge in [0.2, 0.25) is 5.91 Å². The third-order valence-electron chi connectivity index (χ3n) is 2.09. The monoisotopic (exact) mass is 192 g/mol. The molecule has 1 aromatic rings. The summed E-state index contributed by atoms with van der Waals surface area (Å²) in [6.07, 6.45) is 5.53. The van der Waals surface area contributed by atoms with Crippen LogP contribution in [0, 0.1) is 0 Å². The molecule has 0 atom stereocenters. The number of rotatable bonds is 4. The highest BCUT2D eigenvalue weighted by atomic mass is 16.2. The van der Waals surface area contributed by atoms with Gasteiger partial charge in [-0.1, -0.05) is 13.3 Å². The van der Waals surface area contributed by atoms with Crippen molar-refractivity contribution in [2.24, 2.45) is 0 Å². The SMILES string of the molecule is CCCCN(C(C)=O)c1ccncc1. The number of hydrogen-bond donors (Lipinski definition) is 0. The van der Waals surface area contributed by atoms with E-state index >= 15 is 0 Å². The van der Waals surface area contributed by atoms with Gasteiger partial charge in [0, 0.05) is 31.5 Å². The lowest BCUT2D eigenvalue weighted by atomic mass is 10.3. The van der Waals surface area contributed by atoms with E-state index in [0.717, 1.165) is 25.1 Å². The Morgan fingerprint density at radius 3 is 2.57 bits per heavy atom. The molecule has 0 aliphatic heterocycles. The minimum Gasteiger partial charge on any atom is -0.313 e. The van der Waals surface area contributed by atoms with Crippen molar-refractivity contribution in [3.8, 4) is 0 Å². The Balaban J connectivity index is 2.73. The molecule has 1 amide bonds. The minimum absolute atomic E-state index is 0.0876. The predicted octanol–water partition coefficient (Wildman–Crippen LogP) is 2.23. The fourth-order valence-electron chi connectivity index (χ4n) is 1.31. The topological polar surface area (TPSA) is 33.2 Å². The Hall–Kier alpha value is -1.38. The molecule has 0 aliphatic carbocycles. The van der Waals surface area contributed by atoms with Crippen LogP contribution in [-0.4, -0.2) is 17.4 Å². The highest BCUT2D eigenvalue weighted by Gasteiger charge is 2.09. The highest BCUT2D eigenvalue weighted by molar-refractivity contribution is 5.91. The summed E-state index contributed by atoms with van der Waals surface area (Å²) in [6.45, 7) is 4.50. The zero-order valence-electron chi connectivity index (χ0n) is 8.73. The molecule has 14 heavy (non-hydrogen) atoms. The summed E-state index contributed by atoms with van der Waals surface area (Å²) >= 11 is 0. The van der Waals surface area contributed by atoms with Crippen molar-refractivity contribution in [3.05, 3.63) is 24.5 Å². The van der Waals surface area contributed by atoms with Crippen LogP contribution in [0.25, 0.3) is 0 Å². The number of amides is 1. The molecule has 0 unspecified atom stereocenters. The van der Waals surface area contributed by atoms with Crippen molar-refractivity contribution in [2.75, 3.05) is 11.4 Å². The molecular formula is C11H16N2O. The number of aromatic nitrogens is 1. The molecule has 0 aromatic carbocycles. The fourth-order valence-corrected chi connectivity index (χ4v) is 1.31. The second kappa shape index (κ2) is 5.37. The summed E-state index contributed by atoms with van der Waals surface area (Å²) in [6, 6.07) is 3.72. The first-order valence-corrected chi connectivity index (χ1v) is 4.94. The summed E-state index contributed by atoms with van der Waals surface area (Å²) in [5.41, 5.74) is 0.931. The second-order valence-corrected chi connectivity index (χ2v) is 3.23. The van der Waals surface area contributed by atoms with Crippen LogP contribution in [0.1, 0.15) is 26.7 Å². The van der Waals surface area contributed by atoms with Gasteiger partial charge < -0.3 is 4.90 Å². The Morgan fingerprint density at radius 2 is 2.07 bits per heavy atom. The summed E-state index contributed by atoms with van der Waals surface area (Å²) in [4.78, 5) is 17.1. The Morgan fingerprint density at radius 1 is 1.43 bits per heavy atom. The van der Waals surface area contributed by atoms with E-state index in [1.165, 1.54) is 0 Å². The maximum atomic E-state index is 11.4. The van der Waals surface area contributed by atoms with Crippen molar-refractivity contribution >= 4 is 11.6 Å². The van der Waals surface area contributed by atoms with Crippen LogP contribution < -0.4 is 4.90 Å². The summed E-state index contributed by atoms with van der Waals surface area (Å²) in [7, 11) is 0. The number of pyridine rings is 1. The highest BCUT2D eigenvalue weighted by Crippen LogP contribution is 2.12. The van der Waals surface area contributed by atoms with E-state index in [0.29, 0.717) is 0 Å². The van der Waals surface area contributed by atoms with Gasteiger partial charge in [-0.15, -0.1) is 0 Å². The standard InChI is InChI=1S/C11H16N2O/c1-3-4-9-13(10(2)14)11-5-7-12-8-6-11/h5-8H,3-4,9H2,1-2H3. The van der Waals surface area contributed by atoms with Gasteiger partial charge in [-0.2, -0.15) is 0 Å². The molecule has 1 aromatic heterocycles. The van der Waals surface area contributed by atoms with Gasteiger partial charge in [0.1, 0.15) is 0 Å². The molecule has 0 radical (unpaired) electrons. The largest absolute Gasteiger partial charge is 0.313 e. The average molecular weight is 192 g/mol. The Kier molecular flexibility index (Phi) is 4.11. The van der Waals surface area contributed by atoms with Crippen LogP contribution in [-0.2, 0) is 4.79 Å². The van der Waals surface area contributed by atoms with E-state index in [2.05, 4.69) is 11.9 Å². The third kappa shape index (κ3) is 2.83. The molecule has 3 heteroatoms. The van der Waals surface area contributed by atoms with Crippen LogP contribution in [0.3, 0.4) is 0 Å². The normalized spacial score (nSPS) is 9.86. The maximum absolute atomic E-state index is 11.4. The van der Waals surface area contributed by atoms with Crippen molar-refractivity contribution < 1.29 is 4.79 Å². The summed E-state index contributed by atoms with van der Waals surface area (Å²) < 4.78 is 0. The zero-order valence-corrected chi connectivity index (χ0v) is 8.73. The molecule has 0 saturated carbocycles. The molecule has 0 N–H and O–H groups in total. The summed E-state index contributed by atoms with van der Waals surface area (Å²) in [5.74, 6) is 0.0876. The van der Waals surface area contributed by atoms with Crippen molar-refractivity contribution in [1.82, 2.24) is 4.98 Å². The fraction of sp³-hybridized carbons (Fsp3) is 0.455. The number of nitrogens with zero attached hydrogens (tertiary/aromatic N) is 2. The number of unbranched alkanes of at least 4 members (excludes halogenated alkanes) is 1. The van der Waals surface area contributed by atoms with E-state index in [4.69, 9.17) is 0 Å². The molecule has 0 fully saturated rings. The number of hydrogen-bond acceptors (Lipinski definition) is 2. The van der Waals surface area contributed by atoms with Crippen molar-refractivity contribution in [2.45, 2.75) is 26.7 Å². The summed E-state index contributed by atoms with van der Waals surface area (Å²) in [5, 5.41) is 0. The average Bonchev–Trinajstić information content (AvgIpc) is 2.19. The first-order valence-electron chi connectivity index (χ1n) is 4.94. The van der Waals surface area contributed by atoms with E-state index in [1.807, 2.05) is 12.1 Å². The number of carbonyl (C=O) groups is 1. The molecule has 0 bridgehead atoms. The second-order valence-electron chi connectivity index (χ2n) is 3.23. The number of carbonyl (C=O) groups excluding carboxylic acids is 1. The third-order valence-corrected chi connectivity index (χ3v) is 2.09. The lowest BCUT2D eigenvalue weighted by Crippen LogP contribution is -2.29. The lowest BCUT2D eigenvalue weighted by molar-refractivity contribution is -0.116. The van der Waals surface area contributed by atoms with Crippen LogP contribution in [0.5, 0.6) is 0 Å². The molecule has 1 heterocycles. The van der Waals surface area contributed by atoms with E-state index in [-0.39, 0.29) is 5.91 Å². The number of anilines is 1. The predicted molar refractivity (Wildman–Crippen MR) is 57.2 cm³/mol. The molecule has 76 valence electrons. The van der Waals surface area contributed by atoms with Crippen LogP contribution in [0.4, 0.5) is 5.69 Å². The molecule has 1 rings (SSSR count). The van der Waals surface area contributed by atoms with Gasteiger partial charge in [0.15, 0.2) is 0 Å². The van der Waals surface area contributed by atoms with Crippen LogP contribution >= 0.6 is 0 Å².